The van der Waals surface area contributed by atoms with Crippen LogP contribution < -0.4 is 10.2 Å². The van der Waals surface area contributed by atoms with Crippen LogP contribution in [-0.4, -0.2) is 37.3 Å². The number of methoxy groups -OCH3 is 1. The number of alkyl carbamates (subject to hydrolysis) is 1. The molecule has 20 heavy (non-hydrogen) atoms. The van der Waals surface area contributed by atoms with Crippen LogP contribution in [0.1, 0.15) is 6.42 Å². The van der Waals surface area contributed by atoms with E-state index in [1.165, 1.54) is 13.2 Å². The van der Waals surface area contributed by atoms with Gasteiger partial charge >= 0.3 is 11.8 Å². The number of carbonyl (C=O) groups is 1. The summed E-state index contributed by atoms with van der Waals surface area (Å²) >= 11 is 5.89. The van der Waals surface area contributed by atoms with E-state index in [0.29, 0.717) is 25.2 Å². The predicted molar refractivity (Wildman–Crippen MR) is 74.3 cm³/mol. The first-order chi connectivity index (χ1) is 9.52. The SMILES string of the molecule is COC(=O)NC1CCN(c2cccc(Cl)c2[N+](=O)[O-])C1. The Kier molecular flexibility index (Phi) is 4.29. The van der Waals surface area contributed by atoms with Gasteiger partial charge in [0.15, 0.2) is 0 Å². The lowest BCUT2D eigenvalue weighted by atomic mass is 10.2. The Morgan fingerprint density at radius 1 is 1.60 bits per heavy atom. The van der Waals surface area contributed by atoms with E-state index in [1.807, 2.05) is 4.90 Å². The number of amides is 1. The molecule has 0 spiro atoms. The molecule has 7 nitrogen and oxygen atoms in total. The quantitative estimate of drug-likeness (QED) is 0.683. The first-order valence-corrected chi connectivity index (χ1v) is 6.43. The molecule has 8 heteroatoms. The van der Waals surface area contributed by atoms with Crippen molar-refractivity contribution in [3.05, 3.63) is 33.3 Å². The second kappa shape index (κ2) is 5.96. The van der Waals surface area contributed by atoms with E-state index in [0.717, 1.165) is 0 Å². The monoisotopic (exact) mass is 299 g/mol. The van der Waals surface area contributed by atoms with Crippen molar-refractivity contribution in [3.63, 3.8) is 0 Å². The van der Waals surface area contributed by atoms with Gasteiger partial charge in [-0.15, -0.1) is 0 Å². The van der Waals surface area contributed by atoms with Gasteiger partial charge in [0.25, 0.3) is 0 Å². The van der Waals surface area contributed by atoms with Gasteiger partial charge in [-0.3, -0.25) is 10.1 Å². The summed E-state index contributed by atoms with van der Waals surface area (Å²) < 4.78 is 4.54. The fourth-order valence-corrected chi connectivity index (χ4v) is 2.50. The normalized spacial score (nSPS) is 17.9. The van der Waals surface area contributed by atoms with E-state index in [1.54, 1.807) is 12.1 Å². The van der Waals surface area contributed by atoms with Gasteiger partial charge in [-0.05, 0) is 18.6 Å². The zero-order valence-electron chi connectivity index (χ0n) is 10.8. The number of carbonyl (C=O) groups excluding carboxylic acids is 1. The standard InChI is InChI=1S/C12H14ClN3O4/c1-20-12(17)14-8-5-6-15(7-8)10-4-2-3-9(13)11(10)16(18)19/h2-4,8H,5-7H2,1H3,(H,14,17). The molecule has 2 rings (SSSR count). The highest BCUT2D eigenvalue weighted by atomic mass is 35.5. The summed E-state index contributed by atoms with van der Waals surface area (Å²) in [4.78, 5) is 23.6. The lowest BCUT2D eigenvalue weighted by molar-refractivity contribution is -0.384. The number of nitro groups is 1. The summed E-state index contributed by atoms with van der Waals surface area (Å²) in [5.74, 6) is 0. The fourth-order valence-electron chi connectivity index (χ4n) is 2.26. The van der Waals surface area contributed by atoms with Gasteiger partial charge in [0.1, 0.15) is 10.7 Å². The topological polar surface area (TPSA) is 84.7 Å². The molecule has 0 bridgehead atoms. The van der Waals surface area contributed by atoms with E-state index in [9.17, 15) is 14.9 Å². The van der Waals surface area contributed by atoms with Crippen molar-refractivity contribution >= 4 is 29.1 Å². The van der Waals surface area contributed by atoms with Crippen molar-refractivity contribution in [2.75, 3.05) is 25.1 Å². The summed E-state index contributed by atoms with van der Waals surface area (Å²) in [5.41, 5.74) is 0.365. The summed E-state index contributed by atoms with van der Waals surface area (Å²) in [5, 5.41) is 13.9. The van der Waals surface area contributed by atoms with E-state index in [2.05, 4.69) is 10.1 Å². The summed E-state index contributed by atoms with van der Waals surface area (Å²) in [6.07, 6.45) is 0.191. The second-order valence-electron chi connectivity index (χ2n) is 4.43. The minimum Gasteiger partial charge on any atom is -0.453 e. The van der Waals surface area contributed by atoms with E-state index >= 15 is 0 Å². The van der Waals surface area contributed by atoms with Crippen LogP contribution in [-0.2, 0) is 4.74 Å². The minimum atomic E-state index is -0.502. The molecule has 1 fully saturated rings. The summed E-state index contributed by atoms with van der Waals surface area (Å²) in [6.45, 7) is 1.09. The second-order valence-corrected chi connectivity index (χ2v) is 4.84. The molecule has 0 aromatic heterocycles. The Morgan fingerprint density at radius 3 is 3.00 bits per heavy atom. The molecule has 1 N–H and O–H groups in total. The highest BCUT2D eigenvalue weighted by molar-refractivity contribution is 6.33. The van der Waals surface area contributed by atoms with E-state index in [4.69, 9.17) is 11.6 Å². The largest absolute Gasteiger partial charge is 0.453 e. The van der Waals surface area contributed by atoms with Crippen LogP contribution in [0.5, 0.6) is 0 Å². The maximum absolute atomic E-state index is 11.2. The van der Waals surface area contributed by atoms with Crippen molar-refractivity contribution in [2.24, 2.45) is 0 Å². The number of hydrogen-bond acceptors (Lipinski definition) is 5. The highest BCUT2D eigenvalue weighted by Crippen LogP contribution is 2.36. The average molecular weight is 300 g/mol. The number of para-hydroxylation sites is 1. The highest BCUT2D eigenvalue weighted by Gasteiger charge is 2.29. The molecule has 1 atom stereocenters. The van der Waals surface area contributed by atoms with Crippen molar-refractivity contribution in [1.29, 1.82) is 0 Å². The third kappa shape index (κ3) is 2.93. The first-order valence-electron chi connectivity index (χ1n) is 6.05. The molecular formula is C12H14ClN3O4. The van der Waals surface area contributed by atoms with Crippen LogP contribution in [0.15, 0.2) is 18.2 Å². The number of anilines is 1. The lowest BCUT2D eigenvalue weighted by Crippen LogP contribution is -2.37. The third-order valence-electron chi connectivity index (χ3n) is 3.18. The Hall–Kier alpha value is -2.02. The summed E-state index contributed by atoms with van der Waals surface area (Å²) in [7, 11) is 1.30. The molecule has 1 saturated heterocycles. The molecule has 1 aromatic carbocycles. The van der Waals surface area contributed by atoms with Crippen molar-refractivity contribution in [2.45, 2.75) is 12.5 Å². The van der Waals surface area contributed by atoms with Gasteiger partial charge in [0.05, 0.1) is 18.1 Å². The smallest absolute Gasteiger partial charge is 0.407 e. The number of halogens is 1. The number of hydrogen-bond donors (Lipinski definition) is 1. The Bertz CT molecular complexity index is 537. The van der Waals surface area contributed by atoms with Gasteiger partial charge in [0, 0.05) is 13.1 Å². The number of nitrogens with one attached hydrogen (secondary N) is 1. The average Bonchev–Trinajstić information content (AvgIpc) is 2.86. The van der Waals surface area contributed by atoms with E-state index in [-0.39, 0.29) is 16.8 Å². The fraction of sp³-hybridized carbons (Fsp3) is 0.417. The molecule has 1 aliphatic heterocycles. The molecular weight excluding hydrogens is 286 g/mol. The zero-order chi connectivity index (χ0) is 14.7. The molecule has 1 heterocycles. The Morgan fingerprint density at radius 2 is 2.35 bits per heavy atom. The van der Waals surface area contributed by atoms with Crippen molar-refractivity contribution in [1.82, 2.24) is 5.32 Å². The molecule has 1 amide bonds. The third-order valence-corrected chi connectivity index (χ3v) is 3.49. The molecule has 1 aliphatic rings. The number of nitro benzene ring substituents is 1. The van der Waals surface area contributed by atoms with Gasteiger partial charge < -0.3 is 15.0 Å². The number of rotatable bonds is 3. The van der Waals surface area contributed by atoms with Gasteiger partial charge in [0.2, 0.25) is 0 Å². The van der Waals surface area contributed by atoms with Crippen molar-refractivity contribution < 1.29 is 14.5 Å². The maximum atomic E-state index is 11.2. The van der Waals surface area contributed by atoms with Crippen LogP contribution >= 0.6 is 11.6 Å². The molecule has 108 valence electrons. The minimum absolute atomic E-state index is 0.0963. The molecule has 0 aliphatic carbocycles. The molecule has 0 radical (unpaired) electrons. The van der Waals surface area contributed by atoms with Crippen LogP contribution in [0.25, 0.3) is 0 Å². The van der Waals surface area contributed by atoms with Crippen LogP contribution in [0.3, 0.4) is 0 Å². The number of ether oxygens (including phenoxy) is 1. The lowest BCUT2D eigenvalue weighted by Gasteiger charge is -2.19. The molecule has 1 unspecified atom stereocenters. The van der Waals surface area contributed by atoms with Crippen LogP contribution in [0, 0.1) is 10.1 Å². The van der Waals surface area contributed by atoms with Gasteiger partial charge in [-0.1, -0.05) is 17.7 Å². The molecule has 1 aromatic rings. The van der Waals surface area contributed by atoms with Gasteiger partial charge in [-0.2, -0.15) is 0 Å². The number of nitrogens with zero attached hydrogens (tertiary/aromatic N) is 2. The Labute approximate surface area is 120 Å². The maximum Gasteiger partial charge on any atom is 0.407 e. The Balaban J connectivity index is 2.16. The van der Waals surface area contributed by atoms with Crippen molar-refractivity contribution in [3.8, 4) is 0 Å². The number of benzene rings is 1. The predicted octanol–water partition coefficient (Wildman–Crippen LogP) is 2.18. The zero-order valence-corrected chi connectivity index (χ0v) is 11.6. The van der Waals surface area contributed by atoms with Gasteiger partial charge in [-0.25, -0.2) is 4.79 Å². The van der Waals surface area contributed by atoms with Crippen LogP contribution in [0.4, 0.5) is 16.2 Å². The van der Waals surface area contributed by atoms with E-state index < -0.39 is 11.0 Å². The summed E-state index contributed by atoms with van der Waals surface area (Å²) in [6, 6.07) is 4.72. The molecule has 0 saturated carbocycles. The first kappa shape index (κ1) is 14.4. The van der Waals surface area contributed by atoms with Crippen LogP contribution in [0.2, 0.25) is 5.02 Å².